The predicted octanol–water partition coefficient (Wildman–Crippen LogP) is 3.71. The molecule has 0 fully saturated rings. The molecule has 0 saturated carbocycles. The molecule has 9 heteroatoms. The predicted molar refractivity (Wildman–Crippen MR) is 115 cm³/mol. The van der Waals surface area contributed by atoms with E-state index in [4.69, 9.17) is 0 Å². The number of aromatic nitrogens is 1. The molecule has 2 heterocycles. The Labute approximate surface area is 179 Å². The summed E-state index contributed by atoms with van der Waals surface area (Å²) in [6.45, 7) is 6.96. The molecule has 0 atom stereocenters. The summed E-state index contributed by atoms with van der Waals surface area (Å²) < 4.78 is 37.9. The molecule has 2 N–H and O–H groups in total. The Kier molecular flexibility index (Phi) is 8.09. The molecular formula is C21H28F3N5S. The fourth-order valence-electron chi connectivity index (χ4n) is 3.42. The van der Waals surface area contributed by atoms with Crippen LogP contribution in [-0.4, -0.2) is 48.6 Å². The third kappa shape index (κ3) is 6.70. The van der Waals surface area contributed by atoms with Crippen LogP contribution in [0.25, 0.3) is 0 Å². The van der Waals surface area contributed by atoms with Gasteiger partial charge in [-0.1, -0.05) is 24.3 Å². The molecule has 1 aromatic carbocycles. The van der Waals surface area contributed by atoms with Gasteiger partial charge < -0.3 is 10.6 Å². The molecule has 1 aromatic heterocycles. The Balaban J connectivity index is 1.39. The van der Waals surface area contributed by atoms with Gasteiger partial charge in [-0.25, -0.2) is 4.98 Å². The first-order valence-electron chi connectivity index (χ1n) is 10.3. The first-order valence-corrected chi connectivity index (χ1v) is 11.2. The van der Waals surface area contributed by atoms with Crippen molar-refractivity contribution in [2.45, 2.75) is 38.9 Å². The Morgan fingerprint density at radius 2 is 2.03 bits per heavy atom. The molecular weight excluding hydrogens is 411 g/mol. The minimum atomic E-state index is -4.38. The number of alkyl halides is 3. The van der Waals surface area contributed by atoms with Crippen molar-refractivity contribution in [2.75, 3.05) is 32.7 Å². The van der Waals surface area contributed by atoms with E-state index in [1.54, 1.807) is 0 Å². The molecule has 0 radical (unpaired) electrons. The van der Waals surface area contributed by atoms with Gasteiger partial charge in [0.05, 0.1) is 5.01 Å². The smallest absolute Gasteiger partial charge is 0.357 e. The lowest BCUT2D eigenvalue weighted by Crippen LogP contribution is -2.38. The molecule has 3 rings (SSSR count). The second kappa shape index (κ2) is 10.8. The lowest BCUT2D eigenvalue weighted by atomic mass is 10.00. The van der Waals surface area contributed by atoms with Crippen molar-refractivity contribution in [1.82, 2.24) is 20.5 Å². The first kappa shape index (κ1) is 22.6. The monoisotopic (exact) mass is 439 g/mol. The maximum Gasteiger partial charge on any atom is 0.434 e. The van der Waals surface area contributed by atoms with Crippen LogP contribution in [0.1, 0.15) is 35.2 Å². The van der Waals surface area contributed by atoms with E-state index in [1.165, 1.54) is 11.1 Å². The van der Waals surface area contributed by atoms with Gasteiger partial charge in [-0.05, 0) is 30.9 Å². The molecule has 1 aliphatic rings. The third-order valence-electron chi connectivity index (χ3n) is 4.93. The largest absolute Gasteiger partial charge is 0.434 e. The number of hydrogen-bond acceptors (Lipinski definition) is 4. The fraction of sp³-hybridized carbons (Fsp3) is 0.524. The number of thiazole rings is 1. The van der Waals surface area contributed by atoms with Crippen molar-refractivity contribution in [3.63, 3.8) is 0 Å². The Morgan fingerprint density at radius 3 is 2.77 bits per heavy atom. The van der Waals surface area contributed by atoms with Crippen molar-refractivity contribution >= 4 is 17.3 Å². The van der Waals surface area contributed by atoms with E-state index in [-0.39, 0.29) is 0 Å². The summed E-state index contributed by atoms with van der Waals surface area (Å²) in [6, 6.07) is 8.60. The van der Waals surface area contributed by atoms with E-state index < -0.39 is 11.9 Å². The van der Waals surface area contributed by atoms with Crippen molar-refractivity contribution in [3.05, 3.63) is 51.5 Å². The van der Waals surface area contributed by atoms with Crippen LogP contribution < -0.4 is 10.6 Å². The zero-order valence-corrected chi connectivity index (χ0v) is 18.0. The summed E-state index contributed by atoms with van der Waals surface area (Å²) in [4.78, 5) is 10.7. The number of hydrogen-bond donors (Lipinski definition) is 2. The normalized spacial score (nSPS) is 15.1. The van der Waals surface area contributed by atoms with Gasteiger partial charge in [-0.2, -0.15) is 13.2 Å². The number of nitrogens with zero attached hydrogens (tertiary/aromatic N) is 3. The van der Waals surface area contributed by atoms with Gasteiger partial charge in [0.25, 0.3) is 0 Å². The van der Waals surface area contributed by atoms with Gasteiger partial charge >= 0.3 is 6.18 Å². The van der Waals surface area contributed by atoms with Gasteiger partial charge in [0.15, 0.2) is 11.7 Å². The molecule has 0 amide bonds. The maximum absolute atomic E-state index is 12.6. The van der Waals surface area contributed by atoms with Crippen LogP contribution in [0, 0.1) is 0 Å². The van der Waals surface area contributed by atoms with Crippen molar-refractivity contribution in [3.8, 4) is 0 Å². The standard InChI is InChI=1S/C21H28F3N5S/c1-2-25-20(27-11-8-19-28-18(15-30-19)21(22,23)24)26-10-5-12-29-13-9-16-6-3-4-7-17(16)14-29/h3-4,6-7,15H,2,5,8-14H2,1H3,(H2,25,26,27). The molecule has 2 aromatic rings. The molecule has 5 nitrogen and oxygen atoms in total. The summed E-state index contributed by atoms with van der Waals surface area (Å²) in [5.74, 6) is 0.689. The highest BCUT2D eigenvalue weighted by Crippen LogP contribution is 2.30. The average molecular weight is 440 g/mol. The number of aliphatic imine (C=N–C) groups is 1. The second-order valence-corrected chi connectivity index (χ2v) is 8.15. The minimum Gasteiger partial charge on any atom is -0.357 e. The molecule has 0 spiro atoms. The van der Waals surface area contributed by atoms with Crippen LogP contribution >= 0.6 is 11.3 Å². The molecule has 30 heavy (non-hydrogen) atoms. The molecule has 1 aliphatic heterocycles. The van der Waals surface area contributed by atoms with Crippen LogP contribution in [0.2, 0.25) is 0 Å². The average Bonchev–Trinajstić information content (AvgIpc) is 3.20. The number of benzene rings is 1. The van der Waals surface area contributed by atoms with Crippen molar-refractivity contribution in [1.29, 1.82) is 0 Å². The van der Waals surface area contributed by atoms with Crippen molar-refractivity contribution in [2.24, 2.45) is 4.99 Å². The van der Waals surface area contributed by atoms with Crippen LogP contribution in [0.3, 0.4) is 0 Å². The highest BCUT2D eigenvalue weighted by Gasteiger charge is 2.33. The lowest BCUT2D eigenvalue weighted by molar-refractivity contribution is -0.140. The van der Waals surface area contributed by atoms with Gasteiger partial charge in [0.1, 0.15) is 0 Å². The summed E-state index contributed by atoms with van der Waals surface area (Å²) in [7, 11) is 0. The zero-order chi connectivity index (χ0) is 21.4. The number of nitrogens with one attached hydrogen (secondary N) is 2. The summed E-state index contributed by atoms with van der Waals surface area (Å²) in [5, 5.41) is 7.89. The van der Waals surface area contributed by atoms with E-state index in [0.717, 1.165) is 55.7 Å². The highest BCUT2D eigenvalue weighted by molar-refractivity contribution is 7.09. The van der Waals surface area contributed by atoms with Crippen LogP contribution in [-0.2, 0) is 25.6 Å². The van der Waals surface area contributed by atoms with E-state index in [1.807, 2.05) is 6.92 Å². The number of guanidine groups is 1. The molecule has 0 saturated heterocycles. The Bertz CT molecular complexity index is 834. The quantitative estimate of drug-likeness (QED) is 0.374. The van der Waals surface area contributed by atoms with Crippen LogP contribution in [0.15, 0.2) is 34.6 Å². The van der Waals surface area contributed by atoms with Crippen LogP contribution in [0.5, 0.6) is 0 Å². The van der Waals surface area contributed by atoms with Crippen LogP contribution in [0.4, 0.5) is 13.2 Å². The minimum absolute atomic E-state index is 0.429. The molecule has 0 bridgehead atoms. The fourth-order valence-corrected chi connectivity index (χ4v) is 4.22. The van der Waals surface area contributed by atoms with E-state index in [0.29, 0.717) is 30.5 Å². The molecule has 0 unspecified atom stereocenters. The van der Waals surface area contributed by atoms with Gasteiger partial charge in [-0.3, -0.25) is 9.89 Å². The highest BCUT2D eigenvalue weighted by atomic mass is 32.1. The van der Waals surface area contributed by atoms with E-state index in [2.05, 4.69) is 49.8 Å². The number of halogens is 3. The first-order chi connectivity index (χ1) is 14.5. The summed E-state index contributed by atoms with van der Waals surface area (Å²) in [5.41, 5.74) is 2.05. The Hall–Kier alpha value is -2.13. The lowest BCUT2D eigenvalue weighted by Gasteiger charge is -2.28. The third-order valence-corrected chi connectivity index (χ3v) is 5.84. The SMILES string of the molecule is CCNC(=NCCCN1CCc2ccccc2C1)NCCc1nc(C(F)(F)F)cs1. The van der Waals surface area contributed by atoms with Crippen molar-refractivity contribution < 1.29 is 13.2 Å². The summed E-state index contributed by atoms with van der Waals surface area (Å²) in [6.07, 6.45) is -1.90. The van der Waals surface area contributed by atoms with E-state index in [9.17, 15) is 13.2 Å². The zero-order valence-electron chi connectivity index (χ0n) is 17.1. The molecule has 0 aliphatic carbocycles. The van der Waals surface area contributed by atoms with Gasteiger partial charge in [0, 0.05) is 51.1 Å². The van der Waals surface area contributed by atoms with Gasteiger partial charge in [-0.15, -0.1) is 11.3 Å². The van der Waals surface area contributed by atoms with E-state index >= 15 is 0 Å². The molecule has 164 valence electrons. The summed E-state index contributed by atoms with van der Waals surface area (Å²) >= 11 is 1.04. The second-order valence-electron chi connectivity index (χ2n) is 7.21. The number of fused-ring (bicyclic) bond motifs is 1. The number of rotatable bonds is 8. The maximum atomic E-state index is 12.6. The van der Waals surface area contributed by atoms with Gasteiger partial charge in [0.2, 0.25) is 0 Å². The topological polar surface area (TPSA) is 52.6 Å². The Morgan fingerprint density at radius 1 is 1.23 bits per heavy atom.